The second kappa shape index (κ2) is 23.9. The van der Waals surface area contributed by atoms with Crippen LogP contribution in [0.15, 0.2) is 12.2 Å². The standard InChI is InChI=1S/C25H52N2O2/c1-2-3-4-5-6-7-8-9-10-11-12-13-14-15-16-17-18-25(26)19-20-27(21-23-28)22-24-29/h9-10,25,28-29H,2-8,11-24,26H2,1H3/b10-9-. The van der Waals surface area contributed by atoms with Crippen LogP contribution in [0.3, 0.4) is 0 Å². The number of nitrogens with zero attached hydrogens (tertiary/aromatic N) is 1. The average Bonchev–Trinajstić information content (AvgIpc) is 2.72. The number of rotatable bonds is 23. The highest BCUT2D eigenvalue weighted by Crippen LogP contribution is 2.12. The highest BCUT2D eigenvalue weighted by atomic mass is 16.3. The molecule has 0 amide bonds. The van der Waals surface area contributed by atoms with Crippen molar-refractivity contribution in [2.45, 2.75) is 116 Å². The molecule has 0 bridgehead atoms. The van der Waals surface area contributed by atoms with Crippen molar-refractivity contribution in [1.82, 2.24) is 4.90 Å². The van der Waals surface area contributed by atoms with Crippen molar-refractivity contribution in [3.63, 3.8) is 0 Å². The lowest BCUT2D eigenvalue weighted by molar-refractivity contribution is 0.157. The molecule has 1 atom stereocenters. The van der Waals surface area contributed by atoms with Gasteiger partial charge in [0.05, 0.1) is 13.2 Å². The molecule has 0 aliphatic heterocycles. The maximum Gasteiger partial charge on any atom is 0.0558 e. The largest absolute Gasteiger partial charge is 0.395 e. The third-order valence-electron chi connectivity index (χ3n) is 5.74. The van der Waals surface area contributed by atoms with Gasteiger partial charge in [-0.05, 0) is 45.1 Å². The smallest absolute Gasteiger partial charge is 0.0558 e. The summed E-state index contributed by atoms with van der Waals surface area (Å²) >= 11 is 0. The molecule has 174 valence electrons. The zero-order chi connectivity index (χ0) is 21.4. The van der Waals surface area contributed by atoms with E-state index in [2.05, 4.69) is 24.0 Å². The van der Waals surface area contributed by atoms with Crippen molar-refractivity contribution in [2.24, 2.45) is 5.73 Å². The molecule has 0 spiro atoms. The van der Waals surface area contributed by atoms with Crippen molar-refractivity contribution < 1.29 is 10.2 Å². The first-order chi connectivity index (χ1) is 14.2. The van der Waals surface area contributed by atoms with Gasteiger partial charge in [0.1, 0.15) is 0 Å². The molecule has 0 radical (unpaired) electrons. The molecule has 1 unspecified atom stereocenters. The summed E-state index contributed by atoms with van der Waals surface area (Å²) in [6.07, 6.45) is 25.5. The second-order valence-electron chi connectivity index (χ2n) is 8.56. The maximum absolute atomic E-state index is 9.03. The molecule has 4 heteroatoms. The summed E-state index contributed by atoms with van der Waals surface area (Å²) in [6.45, 7) is 4.68. The highest BCUT2D eigenvalue weighted by molar-refractivity contribution is 4.81. The Balaban J connectivity index is 3.34. The normalized spacial score (nSPS) is 13.0. The Labute approximate surface area is 181 Å². The van der Waals surface area contributed by atoms with Crippen LogP contribution in [0.5, 0.6) is 0 Å². The van der Waals surface area contributed by atoms with E-state index in [1.165, 1.54) is 89.9 Å². The average molecular weight is 413 g/mol. The number of aliphatic hydroxyl groups is 2. The predicted octanol–water partition coefficient (Wildman–Crippen LogP) is 5.42. The van der Waals surface area contributed by atoms with E-state index in [9.17, 15) is 0 Å². The third kappa shape index (κ3) is 22.1. The van der Waals surface area contributed by atoms with Crippen molar-refractivity contribution in [3.05, 3.63) is 12.2 Å². The third-order valence-corrected chi connectivity index (χ3v) is 5.74. The summed E-state index contributed by atoms with van der Waals surface area (Å²) in [5.41, 5.74) is 6.22. The molecule has 0 fully saturated rings. The van der Waals surface area contributed by atoms with Gasteiger partial charge in [-0.15, -0.1) is 0 Å². The second-order valence-corrected chi connectivity index (χ2v) is 8.56. The van der Waals surface area contributed by atoms with Crippen LogP contribution in [0.2, 0.25) is 0 Å². The molecule has 0 aromatic rings. The molecule has 4 N–H and O–H groups in total. The van der Waals surface area contributed by atoms with Crippen LogP contribution >= 0.6 is 0 Å². The summed E-state index contributed by atoms with van der Waals surface area (Å²) in [7, 11) is 0. The van der Waals surface area contributed by atoms with E-state index in [4.69, 9.17) is 15.9 Å². The SMILES string of the molecule is CCCCCCCC/C=C\CCCCCCCCC(N)CCN(CCO)CCO. The number of hydrogen-bond donors (Lipinski definition) is 3. The summed E-state index contributed by atoms with van der Waals surface area (Å²) in [6, 6.07) is 0.242. The number of nitrogens with two attached hydrogens (primary N) is 1. The highest BCUT2D eigenvalue weighted by Gasteiger charge is 2.07. The summed E-state index contributed by atoms with van der Waals surface area (Å²) in [5, 5.41) is 18.1. The topological polar surface area (TPSA) is 69.7 Å². The molecular weight excluding hydrogens is 360 g/mol. The fourth-order valence-corrected chi connectivity index (χ4v) is 3.77. The minimum absolute atomic E-state index is 0.143. The Morgan fingerprint density at radius 1 is 0.655 bits per heavy atom. The van der Waals surface area contributed by atoms with Gasteiger partial charge in [-0.2, -0.15) is 0 Å². The number of allylic oxidation sites excluding steroid dienone is 2. The molecule has 0 aliphatic rings. The molecule has 0 aromatic heterocycles. The Kier molecular flexibility index (Phi) is 23.5. The van der Waals surface area contributed by atoms with Gasteiger partial charge in [-0.3, -0.25) is 4.90 Å². The molecule has 0 heterocycles. The van der Waals surface area contributed by atoms with Crippen molar-refractivity contribution in [3.8, 4) is 0 Å². The van der Waals surface area contributed by atoms with E-state index in [1.54, 1.807) is 0 Å². The van der Waals surface area contributed by atoms with Gasteiger partial charge in [-0.25, -0.2) is 0 Å². The minimum atomic E-state index is 0.143. The van der Waals surface area contributed by atoms with Gasteiger partial charge in [0.25, 0.3) is 0 Å². The molecule has 0 aliphatic carbocycles. The van der Waals surface area contributed by atoms with Gasteiger partial charge in [-0.1, -0.05) is 83.3 Å². The lowest BCUT2D eigenvalue weighted by Crippen LogP contribution is -2.34. The van der Waals surface area contributed by atoms with Gasteiger partial charge in [0.2, 0.25) is 0 Å². The van der Waals surface area contributed by atoms with E-state index in [0.29, 0.717) is 13.1 Å². The molecule has 29 heavy (non-hydrogen) atoms. The van der Waals surface area contributed by atoms with Crippen LogP contribution in [0, 0.1) is 0 Å². The van der Waals surface area contributed by atoms with Gasteiger partial charge in [0.15, 0.2) is 0 Å². The minimum Gasteiger partial charge on any atom is -0.395 e. The van der Waals surface area contributed by atoms with E-state index in [-0.39, 0.29) is 19.3 Å². The van der Waals surface area contributed by atoms with Gasteiger partial charge < -0.3 is 15.9 Å². The molecule has 0 saturated carbocycles. The molecule has 0 rings (SSSR count). The van der Waals surface area contributed by atoms with Crippen molar-refractivity contribution in [2.75, 3.05) is 32.8 Å². The Bertz CT molecular complexity index is 331. The summed E-state index contributed by atoms with van der Waals surface area (Å²) in [5.74, 6) is 0. The van der Waals surface area contributed by atoms with Gasteiger partial charge in [0, 0.05) is 19.1 Å². The first kappa shape index (κ1) is 28.6. The summed E-state index contributed by atoms with van der Waals surface area (Å²) < 4.78 is 0. The zero-order valence-electron chi connectivity index (χ0n) is 19.5. The Morgan fingerprint density at radius 2 is 1.14 bits per heavy atom. The quantitative estimate of drug-likeness (QED) is 0.155. The number of aliphatic hydroxyl groups excluding tert-OH is 2. The lowest BCUT2D eigenvalue weighted by atomic mass is 10.0. The first-order valence-electron chi connectivity index (χ1n) is 12.6. The zero-order valence-corrected chi connectivity index (χ0v) is 19.5. The van der Waals surface area contributed by atoms with E-state index in [1.807, 2.05) is 0 Å². The number of unbranched alkanes of at least 4 members (excludes halogenated alkanes) is 12. The van der Waals surface area contributed by atoms with Crippen LogP contribution in [-0.4, -0.2) is 54.0 Å². The fraction of sp³-hybridized carbons (Fsp3) is 0.920. The molecule has 0 saturated heterocycles. The number of hydrogen-bond acceptors (Lipinski definition) is 4. The predicted molar refractivity (Wildman–Crippen MR) is 127 cm³/mol. The van der Waals surface area contributed by atoms with Gasteiger partial charge >= 0.3 is 0 Å². The fourth-order valence-electron chi connectivity index (χ4n) is 3.77. The molecule has 0 aromatic carbocycles. The van der Waals surface area contributed by atoms with Crippen LogP contribution in [0.25, 0.3) is 0 Å². The van der Waals surface area contributed by atoms with E-state index >= 15 is 0 Å². The van der Waals surface area contributed by atoms with Crippen LogP contribution in [0.4, 0.5) is 0 Å². The Morgan fingerprint density at radius 3 is 1.66 bits per heavy atom. The van der Waals surface area contributed by atoms with Crippen LogP contribution in [0.1, 0.15) is 110 Å². The molecular formula is C25H52N2O2. The van der Waals surface area contributed by atoms with E-state index in [0.717, 1.165) is 19.4 Å². The van der Waals surface area contributed by atoms with Crippen LogP contribution in [-0.2, 0) is 0 Å². The summed E-state index contributed by atoms with van der Waals surface area (Å²) in [4.78, 5) is 2.09. The van der Waals surface area contributed by atoms with Crippen molar-refractivity contribution >= 4 is 0 Å². The lowest BCUT2D eigenvalue weighted by Gasteiger charge is -2.22. The monoisotopic (exact) mass is 412 g/mol. The maximum atomic E-state index is 9.03. The van der Waals surface area contributed by atoms with Crippen LogP contribution < -0.4 is 5.73 Å². The van der Waals surface area contributed by atoms with E-state index < -0.39 is 0 Å². The first-order valence-corrected chi connectivity index (χ1v) is 12.6. The van der Waals surface area contributed by atoms with Crippen molar-refractivity contribution in [1.29, 1.82) is 0 Å². The molecule has 4 nitrogen and oxygen atoms in total. The Hall–Kier alpha value is -0.420.